The van der Waals surface area contributed by atoms with Gasteiger partial charge in [0, 0.05) is 31.1 Å². The third-order valence-electron chi connectivity index (χ3n) is 5.69. The smallest absolute Gasteiger partial charge is 0.259 e. The summed E-state index contributed by atoms with van der Waals surface area (Å²) in [4.78, 5) is 21.0. The van der Waals surface area contributed by atoms with Crippen LogP contribution in [0.5, 0.6) is 0 Å². The van der Waals surface area contributed by atoms with Gasteiger partial charge in [-0.15, -0.1) is 11.3 Å². The molecule has 0 aliphatic carbocycles. The fourth-order valence-electron chi connectivity index (χ4n) is 4.05. The molecule has 2 heterocycles. The molecular formula is C28H25N3OS. The molecule has 0 aliphatic rings. The number of aromatic nitrogens is 2. The maximum atomic E-state index is 13.1. The first-order chi connectivity index (χ1) is 16.2. The highest BCUT2D eigenvalue weighted by atomic mass is 32.1. The van der Waals surface area contributed by atoms with Crippen molar-refractivity contribution in [3.05, 3.63) is 129 Å². The molecule has 3 aromatic carbocycles. The van der Waals surface area contributed by atoms with Crippen molar-refractivity contribution in [1.82, 2.24) is 14.3 Å². The van der Waals surface area contributed by atoms with Crippen LogP contribution in [0.4, 0.5) is 0 Å². The van der Waals surface area contributed by atoms with Crippen molar-refractivity contribution in [1.29, 1.82) is 0 Å². The molecule has 0 bridgehead atoms. The summed E-state index contributed by atoms with van der Waals surface area (Å²) in [7, 11) is 0. The molecule has 4 nitrogen and oxygen atoms in total. The quantitative estimate of drug-likeness (QED) is 0.308. The molecule has 0 spiro atoms. The molecular weight excluding hydrogens is 426 g/mol. The summed E-state index contributed by atoms with van der Waals surface area (Å²) in [6.45, 7) is 4.28. The number of rotatable bonds is 7. The lowest BCUT2D eigenvalue weighted by Gasteiger charge is -2.22. The molecule has 0 saturated heterocycles. The van der Waals surface area contributed by atoms with Crippen LogP contribution in [0.25, 0.3) is 16.2 Å². The van der Waals surface area contributed by atoms with Crippen molar-refractivity contribution >= 4 is 16.3 Å². The van der Waals surface area contributed by atoms with Gasteiger partial charge in [-0.25, -0.2) is 4.98 Å². The molecule has 0 atom stereocenters. The summed E-state index contributed by atoms with van der Waals surface area (Å²) in [6.07, 6.45) is 0. The van der Waals surface area contributed by atoms with E-state index in [1.54, 1.807) is 10.5 Å². The summed E-state index contributed by atoms with van der Waals surface area (Å²) in [6, 6.07) is 30.7. The van der Waals surface area contributed by atoms with Crippen LogP contribution in [0, 0.1) is 6.92 Å². The van der Waals surface area contributed by atoms with E-state index in [1.807, 2.05) is 41.8 Å². The first-order valence-corrected chi connectivity index (χ1v) is 11.9. The van der Waals surface area contributed by atoms with Gasteiger partial charge in [-0.1, -0.05) is 90.5 Å². The molecule has 0 fully saturated rings. The minimum atomic E-state index is -0.0369. The Balaban J connectivity index is 1.46. The van der Waals surface area contributed by atoms with Crippen LogP contribution in [-0.2, 0) is 19.6 Å². The van der Waals surface area contributed by atoms with E-state index < -0.39 is 0 Å². The Morgan fingerprint density at radius 2 is 1.45 bits per heavy atom. The second-order valence-corrected chi connectivity index (χ2v) is 9.14. The van der Waals surface area contributed by atoms with Crippen molar-refractivity contribution in [2.45, 2.75) is 26.6 Å². The first kappa shape index (κ1) is 21.3. The fourth-order valence-corrected chi connectivity index (χ4v) is 4.97. The molecule has 0 unspecified atom stereocenters. The maximum absolute atomic E-state index is 13.1. The zero-order valence-electron chi connectivity index (χ0n) is 18.5. The topological polar surface area (TPSA) is 37.6 Å². The lowest BCUT2D eigenvalue weighted by molar-refractivity contribution is 0.244. The van der Waals surface area contributed by atoms with Crippen LogP contribution in [0.15, 0.2) is 101 Å². The lowest BCUT2D eigenvalue weighted by Crippen LogP contribution is -2.25. The van der Waals surface area contributed by atoms with Crippen LogP contribution in [0.2, 0.25) is 0 Å². The van der Waals surface area contributed by atoms with Crippen molar-refractivity contribution in [3.8, 4) is 11.3 Å². The predicted octanol–water partition coefficient (Wildman–Crippen LogP) is 5.93. The van der Waals surface area contributed by atoms with Gasteiger partial charge in [-0.05, 0) is 23.6 Å². The van der Waals surface area contributed by atoms with Crippen molar-refractivity contribution in [2.75, 3.05) is 0 Å². The number of benzene rings is 3. The van der Waals surface area contributed by atoms with Gasteiger partial charge in [0.25, 0.3) is 5.56 Å². The van der Waals surface area contributed by atoms with E-state index in [0.29, 0.717) is 6.54 Å². The number of nitrogens with zero attached hydrogens (tertiary/aromatic N) is 3. The number of hydrogen-bond donors (Lipinski definition) is 0. The maximum Gasteiger partial charge on any atom is 0.259 e. The molecule has 5 rings (SSSR count). The van der Waals surface area contributed by atoms with Gasteiger partial charge in [0.15, 0.2) is 4.96 Å². The highest BCUT2D eigenvalue weighted by Gasteiger charge is 2.14. The molecule has 0 saturated carbocycles. The normalized spacial score (nSPS) is 11.3. The first-order valence-electron chi connectivity index (χ1n) is 11.0. The van der Waals surface area contributed by atoms with E-state index in [9.17, 15) is 4.79 Å². The van der Waals surface area contributed by atoms with Crippen LogP contribution in [0.1, 0.15) is 22.4 Å². The Labute approximate surface area is 197 Å². The Bertz CT molecular complexity index is 1410. The zero-order valence-corrected chi connectivity index (χ0v) is 19.3. The van der Waals surface area contributed by atoms with Crippen LogP contribution >= 0.6 is 11.3 Å². The summed E-state index contributed by atoms with van der Waals surface area (Å²) in [5.41, 5.74) is 6.41. The number of hydrogen-bond acceptors (Lipinski definition) is 4. The molecule has 0 radical (unpaired) electrons. The summed E-state index contributed by atoms with van der Waals surface area (Å²) < 4.78 is 1.71. The predicted molar refractivity (Wildman–Crippen MR) is 135 cm³/mol. The average molecular weight is 452 g/mol. The highest BCUT2D eigenvalue weighted by Crippen LogP contribution is 2.24. The summed E-state index contributed by atoms with van der Waals surface area (Å²) in [5.74, 6) is 0. The van der Waals surface area contributed by atoms with E-state index in [-0.39, 0.29) is 5.56 Å². The largest absolute Gasteiger partial charge is 0.289 e. The van der Waals surface area contributed by atoms with Crippen molar-refractivity contribution < 1.29 is 0 Å². The van der Waals surface area contributed by atoms with Gasteiger partial charge < -0.3 is 0 Å². The Kier molecular flexibility index (Phi) is 6.15. The molecule has 33 heavy (non-hydrogen) atoms. The molecule has 0 amide bonds. The minimum absolute atomic E-state index is 0.0369. The van der Waals surface area contributed by atoms with E-state index >= 15 is 0 Å². The van der Waals surface area contributed by atoms with Gasteiger partial charge in [0.05, 0.1) is 11.4 Å². The number of aryl methyl sites for hydroxylation is 1. The van der Waals surface area contributed by atoms with Gasteiger partial charge >= 0.3 is 0 Å². The fraction of sp³-hybridized carbons (Fsp3) is 0.143. The molecule has 164 valence electrons. The monoisotopic (exact) mass is 451 g/mol. The third kappa shape index (κ3) is 4.95. The van der Waals surface area contributed by atoms with Crippen LogP contribution < -0.4 is 5.56 Å². The summed E-state index contributed by atoms with van der Waals surface area (Å²) >= 11 is 1.51. The molecule has 2 aromatic heterocycles. The van der Waals surface area contributed by atoms with Gasteiger partial charge in [0.1, 0.15) is 0 Å². The second-order valence-electron chi connectivity index (χ2n) is 8.31. The van der Waals surface area contributed by atoms with Gasteiger partial charge in [0.2, 0.25) is 0 Å². The zero-order chi connectivity index (χ0) is 22.6. The lowest BCUT2D eigenvalue weighted by atomic mass is 10.1. The Hall–Kier alpha value is -3.54. The van der Waals surface area contributed by atoms with E-state index in [1.165, 1.54) is 28.0 Å². The third-order valence-corrected chi connectivity index (χ3v) is 6.51. The second kappa shape index (κ2) is 9.53. The minimum Gasteiger partial charge on any atom is -0.289 e. The Morgan fingerprint density at radius 3 is 2.15 bits per heavy atom. The van der Waals surface area contributed by atoms with Crippen molar-refractivity contribution in [3.63, 3.8) is 0 Å². The average Bonchev–Trinajstić information content (AvgIpc) is 3.26. The van der Waals surface area contributed by atoms with Gasteiger partial charge in [-0.3, -0.25) is 14.1 Å². The number of thiazole rings is 1. The van der Waals surface area contributed by atoms with Crippen LogP contribution in [-0.4, -0.2) is 14.3 Å². The van der Waals surface area contributed by atoms with Crippen LogP contribution in [0.3, 0.4) is 0 Å². The van der Waals surface area contributed by atoms with Gasteiger partial charge in [-0.2, -0.15) is 0 Å². The SMILES string of the molecule is Cc1ccc(CN(Cc2ccccc2)Cc2cc(=O)n3c(-c4ccccc4)csc3n2)cc1. The standard InChI is InChI=1S/C28H25N3OS/c1-21-12-14-23(15-13-21)18-30(17-22-8-4-2-5-9-22)19-25-16-27(32)31-26(20-33-28(31)29-25)24-10-6-3-7-11-24/h2-16,20H,17-19H2,1H3. The van der Waals surface area contributed by atoms with E-state index in [4.69, 9.17) is 4.98 Å². The molecule has 5 heteroatoms. The molecule has 5 aromatic rings. The van der Waals surface area contributed by atoms with Crippen molar-refractivity contribution in [2.24, 2.45) is 0 Å². The molecule has 0 aliphatic heterocycles. The summed E-state index contributed by atoms with van der Waals surface area (Å²) in [5, 5.41) is 2.01. The Morgan fingerprint density at radius 1 is 0.818 bits per heavy atom. The number of fused-ring (bicyclic) bond motifs is 1. The van der Waals surface area contributed by atoms with E-state index in [0.717, 1.165) is 35.0 Å². The molecule has 0 N–H and O–H groups in total. The van der Waals surface area contributed by atoms with E-state index in [2.05, 4.69) is 60.4 Å². The highest BCUT2D eigenvalue weighted by molar-refractivity contribution is 7.15.